The molecule has 0 aromatic heterocycles. The second-order valence-corrected chi connectivity index (χ2v) is 7.71. The molecule has 24 heavy (non-hydrogen) atoms. The molecule has 0 unspecified atom stereocenters. The molecule has 1 N–H and O–H groups in total. The summed E-state index contributed by atoms with van der Waals surface area (Å²) in [6.07, 6.45) is -0.891. The molecular formula is C20H24O3S. The number of rotatable bonds is 6. The molecule has 128 valence electrons. The van der Waals surface area contributed by atoms with Crippen molar-refractivity contribution < 1.29 is 14.6 Å². The van der Waals surface area contributed by atoms with Gasteiger partial charge in [-0.25, -0.2) is 0 Å². The van der Waals surface area contributed by atoms with Gasteiger partial charge in [0.05, 0.1) is 12.0 Å². The maximum atomic E-state index is 12.6. The van der Waals surface area contributed by atoms with E-state index in [4.69, 9.17) is 4.74 Å². The average molecular weight is 344 g/mol. The number of hydrogen-bond donors (Lipinski definition) is 1. The summed E-state index contributed by atoms with van der Waals surface area (Å²) >= 11 is 1.55. The lowest BCUT2D eigenvalue weighted by Crippen LogP contribution is -2.33. The number of carbonyl (C=O) groups excluding carboxylic acids is 1. The van der Waals surface area contributed by atoms with Crippen LogP contribution >= 0.6 is 11.8 Å². The molecule has 2 atom stereocenters. The number of thioether (sulfide) groups is 1. The van der Waals surface area contributed by atoms with Crippen LogP contribution in [0.4, 0.5) is 0 Å². The Balaban J connectivity index is 2.15. The van der Waals surface area contributed by atoms with Gasteiger partial charge >= 0.3 is 5.97 Å². The van der Waals surface area contributed by atoms with Gasteiger partial charge in [-0.05, 0) is 38.5 Å². The largest absolute Gasteiger partial charge is 0.460 e. The van der Waals surface area contributed by atoms with E-state index in [-0.39, 0.29) is 5.97 Å². The third-order valence-corrected chi connectivity index (χ3v) is 4.54. The summed E-state index contributed by atoms with van der Waals surface area (Å²) in [5.74, 6) is -0.547. The molecule has 0 bridgehead atoms. The molecule has 2 aromatic rings. The first-order valence-electron chi connectivity index (χ1n) is 8.00. The Morgan fingerprint density at radius 3 is 2.12 bits per heavy atom. The maximum absolute atomic E-state index is 12.6. The van der Waals surface area contributed by atoms with Crippen LogP contribution < -0.4 is 0 Å². The van der Waals surface area contributed by atoms with Gasteiger partial charge in [-0.15, -0.1) is 11.8 Å². The fourth-order valence-electron chi connectivity index (χ4n) is 2.25. The van der Waals surface area contributed by atoms with E-state index < -0.39 is 17.6 Å². The SMILES string of the molecule is CC(C)(C)OC(=O)[C@@H](CSc1ccccc1)[C@H](O)c1ccccc1. The quantitative estimate of drug-likeness (QED) is 0.620. The summed E-state index contributed by atoms with van der Waals surface area (Å²) in [5.41, 5.74) is 0.144. The number of aliphatic hydroxyl groups is 1. The zero-order valence-corrected chi connectivity index (χ0v) is 15.1. The summed E-state index contributed by atoms with van der Waals surface area (Å²) in [5, 5.41) is 10.7. The molecule has 0 aliphatic carbocycles. The predicted molar refractivity (Wildman–Crippen MR) is 97.9 cm³/mol. The van der Waals surface area contributed by atoms with Gasteiger partial charge in [0.1, 0.15) is 5.60 Å². The van der Waals surface area contributed by atoms with Crippen LogP contribution in [0.3, 0.4) is 0 Å². The third-order valence-electron chi connectivity index (χ3n) is 3.40. The lowest BCUT2D eigenvalue weighted by Gasteiger charge is -2.26. The first kappa shape index (κ1) is 18.6. The molecular weight excluding hydrogens is 320 g/mol. The molecule has 0 spiro atoms. The van der Waals surface area contributed by atoms with Crippen LogP contribution in [0.1, 0.15) is 32.4 Å². The van der Waals surface area contributed by atoms with Gasteiger partial charge in [-0.1, -0.05) is 48.5 Å². The van der Waals surface area contributed by atoms with Gasteiger partial charge in [-0.2, -0.15) is 0 Å². The first-order chi connectivity index (χ1) is 11.4. The van der Waals surface area contributed by atoms with Crippen molar-refractivity contribution in [1.29, 1.82) is 0 Å². The van der Waals surface area contributed by atoms with Crippen LogP contribution in [0.25, 0.3) is 0 Å². The van der Waals surface area contributed by atoms with Crippen molar-refractivity contribution in [1.82, 2.24) is 0 Å². The van der Waals surface area contributed by atoms with Gasteiger partial charge in [0.25, 0.3) is 0 Å². The van der Waals surface area contributed by atoms with Crippen molar-refractivity contribution >= 4 is 17.7 Å². The maximum Gasteiger partial charge on any atom is 0.313 e. The van der Waals surface area contributed by atoms with E-state index in [0.717, 1.165) is 10.5 Å². The zero-order valence-electron chi connectivity index (χ0n) is 14.3. The number of benzene rings is 2. The van der Waals surface area contributed by atoms with Gasteiger partial charge in [0, 0.05) is 10.6 Å². The topological polar surface area (TPSA) is 46.5 Å². The highest BCUT2D eigenvalue weighted by Crippen LogP contribution is 2.30. The monoisotopic (exact) mass is 344 g/mol. The van der Waals surface area contributed by atoms with E-state index in [1.165, 1.54) is 0 Å². The molecule has 0 radical (unpaired) electrons. The Morgan fingerprint density at radius 2 is 1.58 bits per heavy atom. The Kier molecular flexibility index (Phi) is 6.46. The molecule has 2 aromatic carbocycles. The molecule has 0 amide bonds. The lowest BCUT2D eigenvalue weighted by atomic mass is 9.97. The molecule has 0 saturated carbocycles. The second kappa shape index (κ2) is 8.36. The molecule has 3 nitrogen and oxygen atoms in total. The summed E-state index contributed by atoms with van der Waals surface area (Å²) in [6.45, 7) is 5.50. The van der Waals surface area contributed by atoms with E-state index in [1.54, 1.807) is 11.8 Å². The Hall–Kier alpha value is -1.78. The number of hydrogen-bond acceptors (Lipinski definition) is 4. The van der Waals surface area contributed by atoms with E-state index in [2.05, 4.69) is 0 Å². The van der Waals surface area contributed by atoms with E-state index in [0.29, 0.717) is 5.75 Å². The minimum absolute atomic E-state index is 0.373. The molecule has 4 heteroatoms. The molecule has 0 saturated heterocycles. The summed E-state index contributed by atoms with van der Waals surface area (Å²) in [7, 11) is 0. The predicted octanol–water partition coefficient (Wildman–Crippen LogP) is 4.47. The molecule has 0 heterocycles. The van der Waals surface area contributed by atoms with Crippen LogP contribution in [-0.4, -0.2) is 22.4 Å². The van der Waals surface area contributed by atoms with Crippen molar-refractivity contribution in [3.63, 3.8) is 0 Å². The third kappa shape index (κ3) is 5.69. The van der Waals surface area contributed by atoms with Crippen molar-refractivity contribution in [3.8, 4) is 0 Å². The number of esters is 1. The fourth-order valence-corrected chi connectivity index (χ4v) is 3.29. The molecule has 2 rings (SSSR count). The first-order valence-corrected chi connectivity index (χ1v) is 8.99. The van der Waals surface area contributed by atoms with E-state index in [9.17, 15) is 9.90 Å². The van der Waals surface area contributed by atoms with Crippen LogP contribution in [0.15, 0.2) is 65.6 Å². The van der Waals surface area contributed by atoms with Gasteiger partial charge in [0.2, 0.25) is 0 Å². The van der Waals surface area contributed by atoms with Crippen molar-refractivity contribution in [2.45, 2.75) is 37.4 Å². The molecule has 0 aliphatic rings. The Labute approximate surface area is 148 Å². The average Bonchev–Trinajstić information content (AvgIpc) is 2.55. The highest BCUT2D eigenvalue weighted by molar-refractivity contribution is 7.99. The second-order valence-electron chi connectivity index (χ2n) is 6.62. The minimum Gasteiger partial charge on any atom is -0.460 e. The van der Waals surface area contributed by atoms with Crippen LogP contribution in [0, 0.1) is 5.92 Å². The fraction of sp³-hybridized carbons (Fsp3) is 0.350. The van der Waals surface area contributed by atoms with Gasteiger partial charge < -0.3 is 9.84 Å². The van der Waals surface area contributed by atoms with Crippen LogP contribution in [0.5, 0.6) is 0 Å². The van der Waals surface area contributed by atoms with Gasteiger partial charge in [0.15, 0.2) is 0 Å². The standard InChI is InChI=1S/C20H24O3S/c1-20(2,3)23-19(22)17(14-24-16-12-8-5-9-13-16)18(21)15-10-6-4-7-11-15/h4-13,17-18,21H,14H2,1-3H3/t17-,18+/m0/s1. The Bertz CT molecular complexity index is 635. The van der Waals surface area contributed by atoms with Crippen molar-refractivity contribution in [2.24, 2.45) is 5.92 Å². The highest BCUT2D eigenvalue weighted by Gasteiger charge is 2.32. The number of carbonyl (C=O) groups is 1. The molecule has 0 fully saturated rings. The van der Waals surface area contributed by atoms with E-state index in [1.807, 2.05) is 81.4 Å². The van der Waals surface area contributed by atoms with Gasteiger partial charge in [-0.3, -0.25) is 4.79 Å². The van der Waals surface area contributed by atoms with Crippen molar-refractivity contribution in [2.75, 3.05) is 5.75 Å². The lowest BCUT2D eigenvalue weighted by molar-refractivity contribution is -0.163. The normalized spacial score (nSPS) is 14.0. The highest BCUT2D eigenvalue weighted by atomic mass is 32.2. The number of ether oxygens (including phenoxy) is 1. The zero-order chi connectivity index (χ0) is 17.6. The minimum atomic E-state index is -0.891. The Morgan fingerprint density at radius 1 is 1.04 bits per heavy atom. The van der Waals surface area contributed by atoms with Crippen molar-refractivity contribution in [3.05, 3.63) is 66.2 Å². The van der Waals surface area contributed by atoms with Crippen LogP contribution in [-0.2, 0) is 9.53 Å². The summed E-state index contributed by atoms with van der Waals surface area (Å²) in [4.78, 5) is 13.7. The summed E-state index contributed by atoms with van der Waals surface area (Å²) in [6, 6.07) is 19.1. The smallest absolute Gasteiger partial charge is 0.313 e. The molecule has 0 aliphatic heterocycles. The number of aliphatic hydroxyl groups excluding tert-OH is 1. The summed E-state index contributed by atoms with van der Waals surface area (Å²) < 4.78 is 5.52. The van der Waals surface area contributed by atoms with Crippen LogP contribution in [0.2, 0.25) is 0 Å². The van der Waals surface area contributed by atoms with E-state index >= 15 is 0 Å².